The maximum absolute atomic E-state index is 11.3. The van der Waals surface area contributed by atoms with Gasteiger partial charge in [0.2, 0.25) is 0 Å². The number of rotatable bonds is 3. The molecule has 2 atom stereocenters. The molecule has 4 nitrogen and oxygen atoms in total. The molecule has 0 saturated carbocycles. The number of nitrogens with two attached hydrogens (primary N) is 1. The molecule has 2 N–H and O–H groups in total. The molecule has 0 spiro atoms. The summed E-state index contributed by atoms with van der Waals surface area (Å²) in [4.78, 5) is 13.4. The first-order valence-electron chi connectivity index (χ1n) is 4.81. The minimum Gasteiger partial charge on any atom is -0.465 e. The molecule has 4 heteroatoms. The largest absolute Gasteiger partial charge is 0.465 e. The molecule has 2 unspecified atom stereocenters. The topological polar surface area (TPSA) is 55.6 Å². The summed E-state index contributed by atoms with van der Waals surface area (Å²) in [6, 6.07) is 0.0744. The van der Waals surface area contributed by atoms with Crippen LogP contribution >= 0.6 is 0 Å². The Kier molecular flexibility index (Phi) is 3.69. The molecule has 1 saturated heterocycles. The minimum atomic E-state index is -0.145. The number of carbonyl (C=O) groups is 1. The van der Waals surface area contributed by atoms with Crippen molar-refractivity contribution in [3.8, 4) is 0 Å². The highest BCUT2D eigenvalue weighted by molar-refractivity contribution is 5.75. The molecule has 0 amide bonds. The summed E-state index contributed by atoms with van der Waals surface area (Å²) in [5.74, 6) is -0.142. The van der Waals surface area contributed by atoms with E-state index in [1.165, 1.54) is 0 Å². The van der Waals surface area contributed by atoms with E-state index in [1.54, 1.807) is 0 Å². The Bertz CT molecular complexity index is 184. The zero-order valence-corrected chi connectivity index (χ0v) is 8.32. The van der Waals surface area contributed by atoms with Crippen molar-refractivity contribution >= 4 is 5.97 Å². The van der Waals surface area contributed by atoms with Gasteiger partial charge in [0.25, 0.3) is 0 Å². The number of hydrogen-bond acceptors (Lipinski definition) is 4. The van der Waals surface area contributed by atoms with Gasteiger partial charge in [-0.1, -0.05) is 0 Å². The predicted molar refractivity (Wildman–Crippen MR) is 50.3 cm³/mol. The fraction of sp³-hybridized carbons (Fsp3) is 0.889. The lowest BCUT2D eigenvalue weighted by Crippen LogP contribution is -2.39. The molecule has 1 rings (SSSR count). The van der Waals surface area contributed by atoms with Crippen LogP contribution in [0.4, 0.5) is 0 Å². The fourth-order valence-corrected chi connectivity index (χ4v) is 1.58. The maximum atomic E-state index is 11.3. The van der Waals surface area contributed by atoms with Gasteiger partial charge in [0.15, 0.2) is 0 Å². The van der Waals surface area contributed by atoms with Crippen LogP contribution < -0.4 is 5.73 Å². The smallest absolute Gasteiger partial charge is 0.323 e. The van der Waals surface area contributed by atoms with Gasteiger partial charge in [-0.15, -0.1) is 0 Å². The molecule has 0 aromatic carbocycles. The van der Waals surface area contributed by atoms with Crippen LogP contribution in [0.5, 0.6) is 0 Å². The van der Waals surface area contributed by atoms with E-state index in [0.29, 0.717) is 6.61 Å². The highest BCUT2D eigenvalue weighted by Crippen LogP contribution is 2.11. The Morgan fingerprint density at radius 3 is 2.92 bits per heavy atom. The molecule has 0 aromatic rings. The van der Waals surface area contributed by atoms with Gasteiger partial charge in [-0.2, -0.15) is 0 Å². The van der Waals surface area contributed by atoms with Crippen LogP contribution in [-0.2, 0) is 9.53 Å². The fourth-order valence-electron chi connectivity index (χ4n) is 1.58. The Balaban J connectivity index is 2.38. The lowest BCUT2D eigenvalue weighted by molar-refractivity contribution is -0.148. The van der Waals surface area contributed by atoms with E-state index in [9.17, 15) is 4.79 Å². The van der Waals surface area contributed by atoms with Crippen molar-refractivity contribution in [3.63, 3.8) is 0 Å². The summed E-state index contributed by atoms with van der Waals surface area (Å²) in [5, 5.41) is 0. The summed E-state index contributed by atoms with van der Waals surface area (Å²) < 4.78 is 4.93. The molecule has 76 valence electrons. The van der Waals surface area contributed by atoms with Gasteiger partial charge in [-0.25, -0.2) is 0 Å². The van der Waals surface area contributed by atoms with Crippen molar-refractivity contribution in [2.45, 2.75) is 32.4 Å². The van der Waals surface area contributed by atoms with Gasteiger partial charge in [0.05, 0.1) is 6.61 Å². The van der Waals surface area contributed by atoms with E-state index >= 15 is 0 Å². The Labute approximate surface area is 79.0 Å². The molecule has 0 aliphatic carbocycles. The van der Waals surface area contributed by atoms with E-state index in [2.05, 4.69) is 4.90 Å². The normalized spacial score (nSPS) is 25.9. The maximum Gasteiger partial charge on any atom is 0.323 e. The number of nitrogens with zero attached hydrogens (tertiary/aromatic N) is 1. The van der Waals surface area contributed by atoms with Crippen LogP contribution in [0.15, 0.2) is 0 Å². The SMILES string of the molecule is CCOC(=O)C(C)N1CCC(N)C1. The van der Waals surface area contributed by atoms with Crippen molar-refractivity contribution in [2.75, 3.05) is 19.7 Å². The highest BCUT2D eigenvalue weighted by atomic mass is 16.5. The lowest BCUT2D eigenvalue weighted by atomic mass is 10.3. The van der Waals surface area contributed by atoms with Gasteiger partial charge >= 0.3 is 5.97 Å². The molecule has 0 bridgehead atoms. The molecular weight excluding hydrogens is 168 g/mol. The first-order chi connectivity index (χ1) is 6.15. The average Bonchev–Trinajstić information content (AvgIpc) is 2.51. The summed E-state index contributed by atoms with van der Waals surface area (Å²) in [6.45, 7) is 5.85. The molecule has 0 aromatic heterocycles. The third kappa shape index (κ3) is 2.67. The third-order valence-electron chi connectivity index (χ3n) is 2.43. The highest BCUT2D eigenvalue weighted by Gasteiger charge is 2.28. The minimum absolute atomic E-state index is 0.142. The van der Waals surface area contributed by atoms with E-state index in [-0.39, 0.29) is 18.1 Å². The zero-order valence-electron chi connectivity index (χ0n) is 8.32. The quantitative estimate of drug-likeness (QED) is 0.629. The summed E-state index contributed by atoms with van der Waals surface area (Å²) in [6.07, 6.45) is 0.976. The van der Waals surface area contributed by atoms with E-state index in [4.69, 9.17) is 10.5 Å². The van der Waals surface area contributed by atoms with Gasteiger partial charge < -0.3 is 10.5 Å². The van der Waals surface area contributed by atoms with Crippen LogP contribution in [-0.4, -0.2) is 42.6 Å². The van der Waals surface area contributed by atoms with Crippen molar-refractivity contribution in [2.24, 2.45) is 5.73 Å². The summed E-state index contributed by atoms with van der Waals surface area (Å²) in [7, 11) is 0. The molecular formula is C9H18N2O2. The zero-order chi connectivity index (χ0) is 9.84. The van der Waals surface area contributed by atoms with Gasteiger partial charge in [-0.05, 0) is 20.3 Å². The first-order valence-corrected chi connectivity index (χ1v) is 4.81. The Morgan fingerprint density at radius 1 is 1.77 bits per heavy atom. The van der Waals surface area contributed by atoms with Crippen LogP contribution in [0.25, 0.3) is 0 Å². The molecule has 13 heavy (non-hydrogen) atoms. The van der Waals surface area contributed by atoms with Crippen LogP contribution in [0.3, 0.4) is 0 Å². The third-order valence-corrected chi connectivity index (χ3v) is 2.43. The summed E-state index contributed by atoms with van der Waals surface area (Å²) in [5.41, 5.74) is 5.74. The molecule has 1 fully saturated rings. The van der Waals surface area contributed by atoms with Crippen molar-refractivity contribution < 1.29 is 9.53 Å². The van der Waals surface area contributed by atoms with Gasteiger partial charge in [0, 0.05) is 19.1 Å². The molecule has 1 aliphatic rings. The van der Waals surface area contributed by atoms with Crippen molar-refractivity contribution in [1.29, 1.82) is 0 Å². The lowest BCUT2D eigenvalue weighted by Gasteiger charge is -2.21. The number of ether oxygens (including phenoxy) is 1. The molecule has 1 heterocycles. The number of likely N-dealkylation sites (tertiary alicyclic amines) is 1. The van der Waals surface area contributed by atoms with Crippen LogP contribution in [0.1, 0.15) is 20.3 Å². The standard InChI is InChI=1S/C9H18N2O2/c1-3-13-9(12)7(2)11-5-4-8(10)6-11/h7-8H,3-6,10H2,1-2H3. The monoisotopic (exact) mass is 186 g/mol. The van der Waals surface area contributed by atoms with Crippen molar-refractivity contribution in [3.05, 3.63) is 0 Å². The first kappa shape index (κ1) is 10.5. The Hall–Kier alpha value is -0.610. The van der Waals surface area contributed by atoms with Crippen LogP contribution in [0.2, 0.25) is 0 Å². The van der Waals surface area contributed by atoms with Crippen molar-refractivity contribution in [1.82, 2.24) is 4.90 Å². The van der Waals surface area contributed by atoms with Gasteiger partial charge in [0.1, 0.15) is 6.04 Å². The Morgan fingerprint density at radius 2 is 2.46 bits per heavy atom. The van der Waals surface area contributed by atoms with Crippen LogP contribution in [0, 0.1) is 0 Å². The van der Waals surface area contributed by atoms with E-state index in [1.807, 2.05) is 13.8 Å². The number of esters is 1. The molecule has 0 radical (unpaired) electrons. The second kappa shape index (κ2) is 4.58. The molecule has 1 aliphatic heterocycles. The second-order valence-electron chi connectivity index (χ2n) is 3.47. The van der Waals surface area contributed by atoms with E-state index in [0.717, 1.165) is 19.5 Å². The number of carbonyl (C=O) groups excluding carboxylic acids is 1. The predicted octanol–water partition coefficient (Wildman–Crippen LogP) is -0.0290. The average molecular weight is 186 g/mol. The summed E-state index contributed by atoms with van der Waals surface area (Å²) >= 11 is 0. The van der Waals surface area contributed by atoms with Gasteiger partial charge in [-0.3, -0.25) is 9.69 Å². The number of hydrogen-bond donors (Lipinski definition) is 1. The van der Waals surface area contributed by atoms with E-state index < -0.39 is 0 Å². The second-order valence-corrected chi connectivity index (χ2v) is 3.47.